The molecule has 1 N–H and O–H groups in total. The van der Waals surface area contributed by atoms with E-state index in [0.717, 1.165) is 42.5 Å². The maximum absolute atomic E-state index is 12.3. The van der Waals surface area contributed by atoms with Crippen molar-refractivity contribution in [1.82, 2.24) is 14.8 Å². The van der Waals surface area contributed by atoms with Gasteiger partial charge in [0.15, 0.2) is 0 Å². The Kier molecular flexibility index (Phi) is 4.36. The Balaban J connectivity index is 1.34. The van der Waals surface area contributed by atoms with E-state index in [-0.39, 0.29) is 11.8 Å². The summed E-state index contributed by atoms with van der Waals surface area (Å²) in [6.07, 6.45) is 4.14. The zero-order valence-corrected chi connectivity index (χ0v) is 14.1. The first-order valence-corrected chi connectivity index (χ1v) is 8.86. The molecule has 2 amide bonds. The van der Waals surface area contributed by atoms with Crippen LogP contribution >= 0.6 is 0 Å². The average Bonchev–Trinajstić information content (AvgIpc) is 3.23. The van der Waals surface area contributed by atoms with Crippen molar-refractivity contribution in [2.45, 2.75) is 25.3 Å². The smallest absolute Gasteiger partial charge is 0.243 e. The Morgan fingerprint density at radius 1 is 1.28 bits per heavy atom. The normalized spacial score (nSPS) is 21.2. The molecule has 3 heterocycles. The van der Waals surface area contributed by atoms with Gasteiger partial charge in [0.05, 0.1) is 23.9 Å². The molecular formula is C19H22N4O2. The minimum atomic E-state index is -0.0597. The molecule has 2 aliphatic rings. The summed E-state index contributed by atoms with van der Waals surface area (Å²) in [6, 6.07) is 10.5. The largest absolute Gasteiger partial charge is 0.380 e. The number of anilines is 1. The number of carbonyl (C=O) groups is 2. The number of hydrogen-bond acceptors (Lipinski definition) is 5. The number of fused-ring (bicyclic) bond motifs is 1. The molecule has 6 heteroatoms. The number of hydrogen-bond donors (Lipinski definition) is 1. The summed E-state index contributed by atoms with van der Waals surface area (Å²) in [4.78, 5) is 31.9. The van der Waals surface area contributed by atoms with Crippen molar-refractivity contribution in [2.75, 3.05) is 31.5 Å². The van der Waals surface area contributed by atoms with Gasteiger partial charge in [-0.15, -0.1) is 0 Å². The maximum atomic E-state index is 12.3. The fourth-order valence-corrected chi connectivity index (χ4v) is 3.67. The van der Waals surface area contributed by atoms with E-state index in [9.17, 15) is 9.59 Å². The van der Waals surface area contributed by atoms with Crippen LogP contribution in [-0.4, -0.2) is 58.8 Å². The van der Waals surface area contributed by atoms with Crippen LogP contribution in [0.15, 0.2) is 36.5 Å². The number of amides is 2. The van der Waals surface area contributed by atoms with Gasteiger partial charge in [0.2, 0.25) is 11.8 Å². The Hall–Kier alpha value is -2.47. The molecule has 0 aliphatic carbocycles. The van der Waals surface area contributed by atoms with Crippen LogP contribution in [0, 0.1) is 0 Å². The molecule has 0 bridgehead atoms. The summed E-state index contributed by atoms with van der Waals surface area (Å²) in [5, 5.41) is 4.63. The highest BCUT2D eigenvalue weighted by Gasteiger charge is 2.30. The van der Waals surface area contributed by atoms with Crippen LogP contribution in [0.4, 0.5) is 5.69 Å². The highest BCUT2D eigenvalue weighted by molar-refractivity contribution is 5.97. The van der Waals surface area contributed by atoms with E-state index in [2.05, 4.69) is 27.3 Å². The van der Waals surface area contributed by atoms with Crippen molar-refractivity contribution in [3.8, 4) is 0 Å². The van der Waals surface area contributed by atoms with Crippen LogP contribution in [0.25, 0.3) is 10.9 Å². The fraction of sp³-hybridized carbons (Fsp3) is 0.421. The molecule has 1 atom stereocenters. The van der Waals surface area contributed by atoms with Crippen molar-refractivity contribution < 1.29 is 9.59 Å². The Labute approximate surface area is 146 Å². The second-order valence-corrected chi connectivity index (χ2v) is 6.82. The van der Waals surface area contributed by atoms with Crippen molar-refractivity contribution >= 4 is 28.4 Å². The standard InChI is InChI=1S/C19H22N4O2/c24-18-6-3-8-23(18)19(25)13-22-9-7-15(12-22)21-16-10-14-4-1-2-5-17(14)20-11-16/h1-2,4-5,10-11,15,21H,3,6-9,12-13H2. The van der Waals surface area contributed by atoms with Crippen LogP contribution in [-0.2, 0) is 9.59 Å². The number of aromatic nitrogens is 1. The maximum Gasteiger partial charge on any atom is 0.243 e. The fourth-order valence-electron chi connectivity index (χ4n) is 3.67. The predicted molar refractivity (Wildman–Crippen MR) is 96.2 cm³/mol. The van der Waals surface area contributed by atoms with Gasteiger partial charge >= 0.3 is 0 Å². The Morgan fingerprint density at radius 3 is 3.00 bits per heavy atom. The van der Waals surface area contributed by atoms with Crippen LogP contribution in [0.2, 0.25) is 0 Å². The lowest BCUT2D eigenvalue weighted by atomic mass is 10.2. The van der Waals surface area contributed by atoms with Crippen LogP contribution in [0.3, 0.4) is 0 Å². The van der Waals surface area contributed by atoms with Gasteiger partial charge in [-0.2, -0.15) is 0 Å². The van der Waals surface area contributed by atoms with Crippen molar-refractivity contribution in [2.24, 2.45) is 0 Å². The number of pyridine rings is 1. The van der Waals surface area contributed by atoms with Gasteiger partial charge in [0.25, 0.3) is 0 Å². The molecule has 2 fully saturated rings. The topological polar surface area (TPSA) is 65.5 Å². The van der Waals surface area contributed by atoms with Crippen LogP contribution in [0.5, 0.6) is 0 Å². The summed E-state index contributed by atoms with van der Waals surface area (Å²) in [6.45, 7) is 2.59. The van der Waals surface area contributed by atoms with Gasteiger partial charge in [-0.1, -0.05) is 18.2 Å². The number of carbonyl (C=O) groups excluding carboxylic acids is 2. The number of imide groups is 1. The van der Waals surface area contributed by atoms with E-state index < -0.39 is 0 Å². The number of rotatable bonds is 4. The Morgan fingerprint density at radius 2 is 2.16 bits per heavy atom. The van der Waals surface area contributed by atoms with Gasteiger partial charge in [-0.05, 0) is 25.0 Å². The van der Waals surface area contributed by atoms with Crippen LogP contribution < -0.4 is 5.32 Å². The SMILES string of the molecule is O=C1CCCN1C(=O)CN1CCC(Nc2cnc3ccccc3c2)C1. The molecular weight excluding hydrogens is 316 g/mol. The number of para-hydroxylation sites is 1. The first kappa shape index (κ1) is 16.0. The third-order valence-electron chi connectivity index (χ3n) is 4.97. The molecule has 0 spiro atoms. The van der Waals surface area contributed by atoms with Crippen molar-refractivity contribution in [1.29, 1.82) is 0 Å². The average molecular weight is 338 g/mol. The first-order valence-electron chi connectivity index (χ1n) is 8.86. The van der Waals surface area contributed by atoms with E-state index in [4.69, 9.17) is 0 Å². The number of likely N-dealkylation sites (tertiary alicyclic amines) is 2. The van der Waals surface area contributed by atoms with E-state index in [1.54, 1.807) is 0 Å². The summed E-state index contributed by atoms with van der Waals surface area (Å²) >= 11 is 0. The minimum absolute atomic E-state index is 0.0268. The monoisotopic (exact) mass is 338 g/mol. The Bertz CT molecular complexity index is 807. The minimum Gasteiger partial charge on any atom is -0.380 e. The molecule has 0 saturated carbocycles. The highest BCUT2D eigenvalue weighted by Crippen LogP contribution is 2.20. The lowest BCUT2D eigenvalue weighted by molar-refractivity contribution is -0.142. The van der Waals surface area contributed by atoms with Gasteiger partial charge in [0.1, 0.15) is 0 Å². The third kappa shape index (κ3) is 3.49. The molecule has 1 unspecified atom stereocenters. The van der Waals surface area contributed by atoms with E-state index >= 15 is 0 Å². The van der Waals surface area contributed by atoms with E-state index in [1.165, 1.54) is 4.90 Å². The quantitative estimate of drug-likeness (QED) is 0.922. The molecule has 25 heavy (non-hydrogen) atoms. The molecule has 6 nitrogen and oxygen atoms in total. The highest BCUT2D eigenvalue weighted by atomic mass is 16.2. The molecule has 1 aromatic carbocycles. The third-order valence-corrected chi connectivity index (χ3v) is 4.97. The van der Waals surface area contributed by atoms with E-state index in [1.807, 2.05) is 24.4 Å². The molecule has 0 radical (unpaired) electrons. The predicted octanol–water partition coefficient (Wildman–Crippen LogP) is 1.87. The summed E-state index contributed by atoms with van der Waals surface area (Å²) in [5.74, 6) is -0.0865. The second-order valence-electron chi connectivity index (χ2n) is 6.82. The van der Waals surface area contributed by atoms with Crippen molar-refractivity contribution in [3.05, 3.63) is 36.5 Å². The number of nitrogens with zero attached hydrogens (tertiary/aromatic N) is 3. The number of nitrogens with one attached hydrogen (secondary N) is 1. The van der Waals surface area contributed by atoms with Gasteiger partial charge in [-0.25, -0.2) is 0 Å². The summed E-state index contributed by atoms with van der Waals surface area (Å²) < 4.78 is 0. The molecule has 130 valence electrons. The first-order chi connectivity index (χ1) is 12.2. The zero-order valence-electron chi connectivity index (χ0n) is 14.1. The molecule has 2 aliphatic heterocycles. The zero-order chi connectivity index (χ0) is 17.2. The van der Waals surface area contributed by atoms with Crippen molar-refractivity contribution in [3.63, 3.8) is 0 Å². The summed E-state index contributed by atoms with van der Waals surface area (Å²) in [5.41, 5.74) is 1.99. The van der Waals surface area contributed by atoms with Gasteiger partial charge < -0.3 is 5.32 Å². The van der Waals surface area contributed by atoms with Gasteiger partial charge in [-0.3, -0.25) is 24.4 Å². The van der Waals surface area contributed by atoms with Gasteiger partial charge in [0, 0.05) is 37.5 Å². The summed E-state index contributed by atoms with van der Waals surface area (Å²) in [7, 11) is 0. The van der Waals surface area contributed by atoms with Crippen LogP contribution in [0.1, 0.15) is 19.3 Å². The lowest BCUT2D eigenvalue weighted by Gasteiger charge is -2.20. The molecule has 2 saturated heterocycles. The molecule has 4 rings (SSSR count). The number of benzene rings is 1. The molecule has 2 aromatic rings. The second kappa shape index (κ2) is 6.80. The van der Waals surface area contributed by atoms with E-state index in [0.29, 0.717) is 25.6 Å². The molecule has 1 aromatic heterocycles. The lowest BCUT2D eigenvalue weighted by Crippen LogP contribution is -2.40.